The van der Waals surface area contributed by atoms with Crippen molar-refractivity contribution in [2.75, 3.05) is 12.4 Å². The van der Waals surface area contributed by atoms with Crippen LogP contribution in [-0.2, 0) is 0 Å². The van der Waals surface area contributed by atoms with Crippen molar-refractivity contribution in [1.29, 1.82) is 0 Å². The van der Waals surface area contributed by atoms with Gasteiger partial charge in [0.15, 0.2) is 0 Å². The van der Waals surface area contributed by atoms with E-state index in [4.69, 9.17) is 9.15 Å². The van der Waals surface area contributed by atoms with Crippen LogP contribution in [0.25, 0.3) is 16.5 Å². The molecule has 0 spiro atoms. The number of ether oxygens (including phenoxy) is 1. The molecule has 0 amide bonds. The molecule has 0 atom stereocenters. The normalized spacial score (nSPS) is 13.4. The second-order valence-electron chi connectivity index (χ2n) is 5.85. The van der Waals surface area contributed by atoms with Crippen LogP contribution in [0.1, 0.15) is 11.1 Å². The molecule has 25 heavy (non-hydrogen) atoms. The zero-order valence-electron chi connectivity index (χ0n) is 13.5. The standard InChI is InChI=1S/C20H15BrO3S/c1-12-6-7-17(15(21)10-12)23-11-13-8-9-25-19-14-4-2-3-5-16(14)24-20(22)18(13)19/h2-8,10H,9,11H2,1H3. The number of rotatable bonds is 3. The smallest absolute Gasteiger partial charge is 0.345 e. The van der Waals surface area contributed by atoms with E-state index in [0.29, 0.717) is 17.8 Å². The third-order valence-corrected chi connectivity index (χ3v) is 5.78. The average Bonchev–Trinajstić information content (AvgIpc) is 2.61. The highest BCUT2D eigenvalue weighted by molar-refractivity contribution is 9.10. The first-order valence-corrected chi connectivity index (χ1v) is 9.68. The molecule has 0 unspecified atom stereocenters. The predicted octanol–water partition coefficient (Wildman–Crippen LogP) is 5.43. The summed E-state index contributed by atoms with van der Waals surface area (Å²) in [4.78, 5) is 13.5. The van der Waals surface area contributed by atoms with Crippen LogP contribution in [0.15, 0.2) is 67.1 Å². The van der Waals surface area contributed by atoms with Gasteiger partial charge in [0, 0.05) is 21.6 Å². The van der Waals surface area contributed by atoms with Crippen LogP contribution >= 0.6 is 27.7 Å². The lowest BCUT2D eigenvalue weighted by molar-refractivity contribution is 0.366. The molecule has 2 aromatic carbocycles. The lowest BCUT2D eigenvalue weighted by Gasteiger charge is -2.18. The van der Waals surface area contributed by atoms with Crippen LogP contribution in [0.4, 0.5) is 0 Å². The van der Waals surface area contributed by atoms with Gasteiger partial charge in [-0.25, -0.2) is 4.79 Å². The van der Waals surface area contributed by atoms with Gasteiger partial charge in [0.05, 0.1) is 10.0 Å². The first-order valence-electron chi connectivity index (χ1n) is 7.90. The number of thioether (sulfide) groups is 1. The largest absolute Gasteiger partial charge is 0.488 e. The van der Waals surface area contributed by atoms with Gasteiger partial charge in [-0.2, -0.15) is 0 Å². The summed E-state index contributed by atoms with van der Waals surface area (Å²) in [5.41, 5.74) is 2.98. The van der Waals surface area contributed by atoms with Crippen LogP contribution in [0.5, 0.6) is 5.75 Å². The van der Waals surface area contributed by atoms with E-state index in [2.05, 4.69) is 15.9 Å². The van der Waals surface area contributed by atoms with E-state index in [9.17, 15) is 4.79 Å². The number of aryl methyl sites for hydroxylation is 1. The fourth-order valence-electron chi connectivity index (χ4n) is 2.89. The van der Waals surface area contributed by atoms with Crippen molar-refractivity contribution in [3.05, 3.63) is 74.6 Å². The van der Waals surface area contributed by atoms with Crippen molar-refractivity contribution in [2.45, 2.75) is 11.8 Å². The lowest BCUT2D eigenvalue weighted by Crippen LogP contribution is -2.15. The molecule has 0 bridgehead atoms. The minimum Gasteiger partial charge on any atom is -0.488 e. The molecule has 4 rings (SSSR count). The molecule has 0 radical (unpaired) electrons. The summed E-state index contributed by atoms with van der Waals surface area (Å²) in [5, 5.41) is 0.976. The van der Waals surface area contributed by atoms with E-state index in [1.165, 1.54) is 0 Å². The second kappa shape index (κ2) is 6.73. The Balaban J connectivity index is 1.70. The molecule has 0 saturated heterocycles. The van der Waals surface area contributed by atoms with Crippen molar-refractivity contribution in [3.8, 4) is 5.75 Å². The molecule has 1 aliphatic rings. The summed E-state index contributed by atoms with van der Waals surface area (Å²) in [6.07, 6.45) is 2.04. The van der Waals surface area contributed by atoms with Gasteiger partial charge in [-0.3, -0.25) is 0 Å². The lowest BCUT2D eigenvalue weighted by atomic mass is 10.1. The number of hydrogen-bond donors (Lipinski definition) is 0. The average molecular weight is 415 g/mol. The van der Waals surface area contributed by atoms with Crippen LogP contribution in [0.3, 0.4) is 0 Å². The predicted molar refractivity (Wildman–Crippen MR) is 106 cm³/mol. The Hall–Kier alpha value is -1.98. The van der Waals surface area contributed by atoms with Crippen LogP contribution in [-0.4, -0.2) is 12.4 Å². The molecule has 3 aromatic rings. The van der Waals surface area contributed by atoms with Crippen molar-refractivity contribution >= 4 is 44.2 Å². The Labute approximate surface area is 157 Å². The molecule has 5 heteroatoms. The first-order chi connectivity index (χ1) is 12.1. The Bertz CT molecular complexity index is 1050. The molecule has 2 heterocycles. The van der Waals surface area contributed by atoms with Gasteiger partial charge in [0.25, 0.3) is 0 Å². The maximum Gasteiger partial charge on any atom is 0.345 e. The van der Waals surface area contributed by atoms with E-state index in [1.54, 1.807) is 11.8 Å². The van der Waals surface area contributed by atoms with E-state index >= 15 is 0 Å². The molecule has 1 aliphatic heterocycles. The third-order valence-electron chi connectivity index (χ3n) is 4.11. The summed E-state index contributed by atoms with van der Waals surface area (Å²) in [7, 11) is 0. The first kappa shape index (κ1) is 16.5. The van der Waals surface area contributed by atoms with E-state index < -0.39 is 0 Å². The summed E-state index contributed by atoms with van der Waals surface area (Å²) in [6, 6.07) is 13.6. The minimum atomic E-state index is -0.307. The minimum absolute atomic E-state index is 0.307. The molecular formula is C20H15BrO3S. The fourth-order valence-corrected chi connectivity index (χ4v) is 4.63. The molecule has 0 N–H and O–H groups in total. The Morgan fingerprint density at radius 3 is 2.92 bits per heavy atom. The molecule has 0 saturated carbocycles. The van der Waals surface area contributed by atoms with Gasteiger partial charge in [-0.15, -0.1) is 11.8 Å². The highest BCUT2D eigenvalue weighted by atomic mass is 79.9. The van der Waals surface area contributed by atoms with Gasteiger partial charge >= 0.3 is 5.63 Å². The Morgan fingerprint density at radius 2 is 2.08 bits per heavy atom. The van der Waals surface area contributed by atoms with Crippen LogP contribution in [0, 0.1) is 6.92 Å². The SMILES string of the molecule is Cc1ccc(OCC2=CCSc3c2c(=O)oc2ccccc32)c(Br)c1. The van der Waals surface area contributed by atoms with E-state index in [0.717, 1.165) is 37.4 Å². The summed E-state index contributed by atoms with van der Waals surface area (Å²) in [5.74, 6) is 1.57. The zero-order chi connectivity index (χ0) is 17.4. The van der Waals surface area contributed by atoms with E-state index in [1.807, 2.05) is 55.5 Å². The molecular weight excluding hydrogens is 400 g/mol. The van der Waals surface area contributed by atoms with E-state index in [-0.39, 0.29) is 5.63 Å². The molecule has 126 valence electrons. The van der Waals surface area contributed by atoms with Gasteiger partial charge in [0.2, 0.25) is 0 Å². The highest BCUT2D eigenvalue weighted by Gasteiger charge is 2.22. The Kier molecular flexibility index (Phi) is 4.44. The van der Waals surface area contributed by atoms with Gasteiger partial charge in [-0.1, -0.05) is 30.3 Å². The topological polar surface area (TPSA) is 39.4 Å². The second-order valence-corrected chi connectivity index (χ2v) is 7.74. The monoisotopic (exact) mass is 414 g/mol. The van der Waals surface area contributed by atoms with Crippen molar-refractivity contribution in [3.63, 3.8) is 0 Å². The number of benzene rings is 2. The quantitative estimate of drug-likeness (QED) is 0.535. The highest BCUT2D eigenvalue weighted by Crippen LogP contribution is 2.37. The zero-order valence-corrected chi connectivity index (χ0v) is 15.9. The maximum absolute atomic E-state index is 12.5. The number of hydrogen-bond acceptors (Lipinski definition) is 4. The molecule has 0 fully saturated rings. The number of fused-ring (bicyclic) bond motifs is 3. The number of halogens is 1. The summed E-state index contributed by atoms with van der Waals surface area (Å²) >= 11 is 5.18. The van der Waals surface area contributed by atoms with Crippen molar-refractivity contribution < 1.29 is 9.15 Å². The Morgan fingerprint density at radius 1 is 1.24 bits per heavy atom. The van der Waals surface area contributed by atoms with Gasteiger partial charge in [0.1, 0.15) is 17.9 Å². The molecule has 1 aromatic heterocycles. The van der Waals surface area contributed by atoms with Crippen molar-refractivity contribution in [1.82, 2.24) is 0 Å². The fraction of sp³-hybridized carbons (Fsp3) is 0.150. The van der Waals surface area contributed by atoms with Crippen LogP contribution in [0.2, 0.25) is 0 Å². The maximum atomic E-state index is 12.5. The van der Waals surface area contributed by atoms with Gasteiger partial charge in [-0.05, 0) is 46.6 Å². The summed E-state index contributed by atoms with van der Waals surface area (Å²) < 4.78 is 12.4. The summed E-state index contributed by atoms with van der Waals surface area (Å²) in [6.45, 7) is 2.36. The van der Waals surface area contributed by atoms with Crippen molar-refractivity contribution in [2.24, 2.45) is 0 Å². The number of para-hydroxylation sites is 1. The van der Waals surface area contributed by atoms with Gasteiger partial charge < -0.3 is 9.15 Å². The van der Waals surface area contributed by atoms with Crippen LogP contribution < -0.4 is 10.4 Å². The third kappa shape index (κ3) is 3.14. The molecule has 0 aliphatic carbocycles. The molecule has 3 nitrogen and oxygen atoms in total.